The van der Waals surface area contributed by atoms with Crippen LogP contribution < -0.4 is 14.9 Å². The van der Waals surface area contributed by atoms with Gasteiger partial charge < -0.3 is 4.74 Å². The molecule has 0 spiro atoms. The first kappa shape index (κ1) is 25.1. The Hall–Kier alpha value is -2.96. The van der Waals surface area contributed by atoms with Crippen molar-refractivity contribution in [3.8, 4) is 0 Å². The van der Waals surface area contributed by atoms with Crippen LogP contribution in [0.4, 0.5) is 0 Å². The molecule has 7 heteroatoms. The van der Waals surface area contributed by atoms with Crippen molar-refractivity contribution in [2.24, 2.45) is 4.99 Å². The molecule has 0 saturated carbocycles. The lowest BCUT2D eigenvalue weighted by molar-refractivity contribution is -0.139. The van der Waals surface area contributed by atoms with Gasteiger partial charge in [-0.15, -0.1) is 0 Å². The third kappa shape index (κ3) is 5.19. The number of rotatable bonds is 7. The van der Waals surface area contributed by atoms with Crippen molar-refractivity contribution in [3.63, 3.8) is 0 Å². The number of fused-ring (bicyclic) bond motifs is 1. The largest absolute Gasteiger partial charge is 0.463 e. The fraction of sp³-hybridized carbons (Fsp3) is 0.321. The maximum Gasteiger partial charge on any atom is 0.338 e. The number of thiazole rings is 1. The van der Waals surface area contributed by atoms with E-state index in [2.05, 4.69) is 26.0 Å². The number of hydrogen-bond acceptors (Lipinski definition) is 5. The van der Waals surface area contributed by atoms with Gasteiger partial charge in [-0.3, -0.25) is 9.36 Å². The van der Waals surface area contributed by atoms with Crippen LogP contribution in [0.25, 0.3) is 6.08 Å². The van der Waals surface area contributed by atoms with Gasteiger partial charge in [0.15, 0.2) is 4.80 Å². The average molecular weight is 509 g/mol. The fourth-order valence-corrected chi connectivity index (χ4v) is 5.36. The maximum absolute atomic E-state index is 13.7. The summed E-state index contributed by atoms with van der Waals surface area (Å²) in [5.41, 5.74) is 3.87. The molecule has 0 radical (unpaired) electrons. The van der Waals surface area contributed by atoms with Gasteiger partial charge in [-0.05, 0) is 54.2 Å². The Kier molecular flexibility index (Phi) is 7.72. The van der Waals surface area contributed by atoms with Crippen LogP contribution in [0.3, 0.4) is 0 Å². The molecule has 5 nitrogen and oxygen atoms in total. The van der Waals surface area contributed by atoms with Crippen LogP contribution in [0.1, 0.15) is 69.2 Å². The number of ether oxygens (including phenoxy) is 1. The molecule has 3 aromatic rings. The molecule has 1 unspecified atom stereocenters. The first-order valence-corrected chi connectivity index (χ1v) is 13.1. The van der Waals surface area contributed by atoms with E-state index in [9.17, 15) is 9.59 Å². The van der Waals surface area contributed by atoms with Gasteiger partial charge in [-0.2, -0.15) is 0 Å². The van der Waals surface area contributed by atoms with Crippen LogP contribution >= 0.6 is 22.9 Å². The van der Waals surface area contributed by atoms with Crippen LogP contribution in [-0.4, -0.2) is 17.1 Å². The predicted molar refractivity (Wildman–Crippen MR) is 142 cm³/mol. The summed E-state index contributed by atoms with van der Waals surface area (Å²) in [4.78, 5) is 32.3. The Bertz CT molecular complexity index is 1430. The molecule has 182 valence electrons. The van der Waals surface area contributed by atoms with Crippen molar-refractivity contribution in [2.45, 2.75) is 52.5 Å². The molecule has 0 saturated heterocycles. The predicted octanol–water partition coefficient (Wildman–Crippen LogP) is 5.36. The molecule has 1 aliphatic rings. The molecule has 0 fully saturated rings. The highest BCUT2D eigenvalue weighted by Crippen LogP contribution is 2.33. The molecule has 1 aromatic heterocycles. The van der Waals surface area contributed by atoms with Crippen molar-refractivity contribution in [3.05, 3.63) is 101 Å². The summed E-state index contributed by atoms with van der Waals surface area (Å²) >= 11 is 7.35. The fourth-order valence-electron chi connectivity index (χ4n) is 4.21. The molecule has 35 heavy (non-hydrogen) atoms. The van der Waals surface area contributed by atoms with Gasteiger partial charge in [0.25, 0.3) is 5.56 Å². The number of carbonyl (C=O) groups excluding carboxylic acids is 1. The lowest BCUT2D eigenvalue weighted by Crippen LogP contribution is -2.40. The first-order chi connectivity index (χ1) is 16.8. The average Bonchev–Trinajstić information content (AvgIpc) is 3.14. The normalized spacial score (nSPS) is 15.8. The Labute approximate surface area is 214 Å². The van der Waals surface area contributed by atoms with Crippen molar-refractivity contribution in [2.75, 3.05) is 6.61 Å². The first-order valence-electron chi connectivity index (χ1n) is 11.9. The second-order valence-corrected chi connectivity index (χ2v) is 10.2. The highest BCUT2D eigenvalue weighted by Gasteiger charge is 2.34. The second-order valence-electron chi connectivity index (χ2n) is 8.79. The van der Waals surface area contributed by atoms with E-state index >= 15 is 0 Å². The van der Waals surface area contributed by atoms with E-state index in [-0.39, 0.29) is 12.2 Å². The highest BCUT2D eigenvalue weighted by molar-refractivity contribution is 7.07. The summed E-state index contributed by atoms with van der Waals surface area (Å²) in [7, 11) is 0. The number of hydrogen-bond donors (Lipinski definition) is 0. The molecular formula is C28H29ClN2O3S. The molecule has 2 aromatic carbocycles. The van der Waals surface area contributed by atoms with Crippen LogP contribution in [0.5, 0.6) is 0 Å². The van der Waals surface area contributed by atoms with E-state index in [0.717, 1.165) is 17.5 Å². The number of nitrogens with zero attached hydrogens (tertiary/aromatic N) is 2. The van der Waals surface area contributed by atoms with E-state index in [1.54, 1.807) is 23.6 Å². The zero-order valence-electron chi connectivity index (χ0n) is 20.4. The van der Waals surface area contributed by atoms with Gasteiger partial charge in [-0.25, -0.2) is 9.79 Å². The summed E-state index contributed by atoms with van der Waals surface area (Å²) in [5, 5.41) is 0.636. The number of aromatic nitrogens is 1. The highest BCUT2D eigenvalue weighted by atomic mass is 35.5. The van der Waals surface area contributed by atoms with Gasteiger partial charge >= 0.3 is 5.97 Å². The van der Waals surface area contributed by atoms with Crippen LogP contribution in [0.15, 0.2) is 69.6 Å². The van der Waals surface area contributed by atoms with Crippen molar-refractivity contribution >= 4 is 35.0 Å². The number of halogens is 1. The molecule has 0 N–H and O–H groups in total. The number of esters is 1. The minimum absolute atomic E-state index is 0.181. The minimum atomic E-state index is -0.597. The summed E-state index contributed by atoms with van der Waals surface area (Å²) in [6, 6.07) is 14.9. The minimum Gasteiger partial charge on any atom is -0.463 e. The molecule has 0 bridgehead atoms. The van der Waals surface area contributed by atoms with Crippen molar-refractivity contribution < 1.29 is 9.53 Å². The monoisotopic (exact) mass is 508 g/mol. The maximum atomic E-state index is 13.7. The van der Waals surface area contributed by atoms with E-state index in [1.807, 2.05) is 37.3 Å². The van der Waals surface area contributed by atoms with Crippen LogP contribution in [-0.2, 0) is 9.53 Å². The van der Waals surface area contributed by atoms with Crippen molar-refractivity contribution in [1.82, 2.24) is 4.57 Å². The van der Waals surface area contributed by atoms with Crippen molar-refractivity contribution in [1.29, 1.82) is 0 Å². The smallest absolute Gasteiger partial charge is 0.338 e. The third-order valence-corrected chi connectivity index (χ3v) is 7.21. The molecule has 0 amide bonds. The lowest BCUT2D eigenvalue weighted by atomic mass is 9.92. The van der Waals surface area contributed by atoms with Gasteiger partial charge in [-0.1, -0.05) is 86.5 Å². The van der Waals surface area contributed by atoms with Gasteiger partial charge in [0.1, 0.15) is 0 Å². The van der Waals surface area contributed by atoms with Gasteiger partial charge in [0.05, 0.1) is 28.5 Å². The summed E-state index contributed by atoms with van der Waals surface area (Å²) in [5.74, 6) is -0.0502. The van der Waals surface area contributed by atoms with Gasteiger partial charge in [0.2, 0.25) is 0 Å². The number of carbonyl (C=O) groups is 1. The molecule has 1 atom stereocenters. The summed E-state index contributed by atoms with van der Waals surface area (Å²) in [6.45, 7) is 8.36. The molecule has 1 aliphatic heterocycles. The molecule has 2 heterocycles. The Balaban J connectivity index is 1.97. The zero-order valence-corrected chi connectivity index (χ0v) is 21.9. The Morgan fingerprint density at radius 1 is 1.14 bits per heavy atom. The number of benzene rings is 2. The van der Waals surface area contributed by atoms with E-state index in [0.29, 0.717) is 38.0 Å². The third-order valence-electron chi connectivity index (χ3n) is 5.98. The standard InChI is InChI=1S/C28H29ClN2O3S/c1-5-7-22-24(27(33)34-6-2)25(20-12-10-19(11-13-20)17(3)4)31-26(32)23(35-28(31)30-22)16-18-8-14-21(29)15-9-18/h8-17,25H,5-7H2,1-4H3/b23-16-. The quantitative estimate of drug-likeness (QED) is 0.404. The topological polar surface area (TPSA) is 60.7 Å². The summed E-state index contributed by atoms with van der Waals surface area (Å²) < 4.78 is 7.64. The molecule has 4 rings (SSSR count). The van der Waals surface area contributed by atoms with E-state index < -0.39 is 12.0 Å². The van der Waals surface area contributed by atoms with E-state index in [4.69, 9.17) is 21.3 Å². The lowest BCUT2D eigenvalue weighted by Gasteiger charge is -2.26. The van der Waals surface area contributed by atoms with E-state index in [1.165, 1.54) is 16.9 Å². The Morgan fingerprint density at radius 3 is 2.43 bits per heavy atom. The molecular weight excluding hydrogens is 480 g/mol. The van der Waals surface area contributed by atoms with Gasteiger partial charge in [0, 0.05) is 5.02 Å². The molecule has 0 aliphatic carbocycles. The van der Waals surface area contributed by atoms with Crippen LogP contribution in [0.2, 0.25) is 5.02 Å². The Morgan fingerprint density at radius 2 is 1.83 bits per heavy atom. The number of allylic oxidation sites excluding steroid dienone is 1. The SMILES string of the molecule is CCCC1=C(C(=O)OCC)C(c2ccc(C(C)C)cc2)n2c(s/c(=C\c3ccc(Cl)cc3)c2=O)=N1. The summed E-state index contributed by atoms with van der Waals surface area (Å²) in [6.07, 6.45) is 3.28. The second kappa shape index (κ2) is 10.8. The zero-order chi connectivity index (χ0) is 25.1. The van der Waals surface area contributed by atoms with Crippen LogP contribution in [0, 0.1) is 0 Å².